The van der Waals surface area contributed by atoms with Crippen molar-refractivity contribution in [2.45, 2.75) is 84.0 Å². The Bertz CT molecular complexity index is 301. The average molecular weight is 311 g/mol. The predicted molar refractivity (Wildman–Crippen MR) is 92.3 cm³/mol. The third-order valence-corrected chi connectivity index (χ3v) is 3.54. The highest BCUT2D eigenvalue weighted by molar-refractivity contribution is 4.92. The van der Waals surface area contributed by atoms with Crippen LogP contribution in [0, 0.1) is 10.1 Å². The molecule has 0 aromatic heterocycles. The van der Waals surface area contributed by atoms with E-state index in [4.69, 9.17) is 0 Å². The molecule has 0 atom stereocenters. The fraction of sp³-hybridized carbons (Fsp3) is 0.778. The lowest BCUT2D eigenvalue weighted by Gasteiger charge is -2.00. The Morgan fingerprint density at radius 3 is 1.95 bits per heavy atom. The summed E-state index contributed by atoms with van der Waals surface area (Å²) in [5, 5.41) is 9.22. The largest absolute Gasteiger partial charge is 0.314 e. The summed E-state index contributed by atoms with van der Waals surface area (Å²) in [5.74, 6) is 0. The van der Waals surface area contributed by atoms with Gasteiger partial charge in [0.25, 0.3) is 5.09 Å². The maximum absolute atomic E-state index is 9.93. The first-order chi connectivity index (χ1) is 10.8. The number of hydrogen-bond donors (Lipinski definition) is 0. The van der Waals surface area contributed by atoms with E-state index in [1.165, 1.54) is 44.9 Å². The van der Waals surface area contributed by atoms with Gasteiger partial charge in [-0.2, -0.15) is 0 Å². The van der Waals surface area contributed by atoms with Gasteiger partial charge < -0.3 is 4.84 Å². The van der Waals surface area contributed by atoms with Crippen molar-refractivity contribution in [2.24, 2.45) is 0 Å². The Kier molecular flexibility index (Phi) is 16.7. The highest BCUT2D eigenvalue weighted by Gasteiger charge is 1.94. The lowest BCUT2D eigenvalue weighted by atomic mass is 10.1. The van der Waals surface area contributed by atoms with Gasteiger partial charge in [-0.05, 0) is 38.5 Å². The zero-order valence-electron chi connectivity index (χ0n) is 14.2. The summed E-state index contributed by atoms with van der Waals surface area (Å²) >= 11 is 0. The van der Waals surface area contributed by atoms with Crippen molar-refractivity contribution in [3.63, 3.8) is 0 Å². The van der Waals surface area contributed by atoms with Gasteiger partial charge in [-0.1, -0.05) is 69.8 Å². The van der Waals surface area contributed by atoms with Gasteiger partial charge >= 0.3 is 0 Å². The number of nitrogens with zero attached hydrogens (tertiary/aromatic N) is 1. The van der Waals surface area contributed by atoms with Crippen molar-refractivity contribution in [3.8, 4) is 0 Å². The zero-order valence-corrected chi connectivity index (χ0v) is 14.2. The second kappa shape index (κ2) is 17.7. The molecular weight excluding hydrogens is 278 g/mol. The molecular formula is C18H33NO3. The molecule has 0 bridgehead atoms. The van der Waals surface area contributed by atoms with E-state index in [1.807, 2.05) is 0 Å². The van der Waals surface area contributed by atoms with Crippen LogP contribution in [0.5, 0.6) is 0 Å². The highest BCUT2D eigenvalue weighted by atomic mass is 16.9. The first kappa shape index (κ1) is 20.7. The molecule has 0 saturated heterocycles. The van der Waals surface area contributed by atoms with Crippen LogP contribution >= 0.6 is 0 Å². The van der Waals surface area contributed by atoms with Crippen LogP contribution in [-0.4, -0.2) is 11.7 Å². The molecule has 0 aliphatic rings. The van der Waals surface area contributed by atoms with E-state index < -0.39 is 5.09 Å². The minimum Gasteiger partial charge on any atom is -0.314 e. The normalized spacial score (nSPS) is 11.5. The molecule has 0 aliphatic carbocycles. The smallest absolute Gasteiger partial charge is 0.294 e. The molecule has 0 saturated carbocycles. The van der Waals surface area contributed by atoms with Crippen LogP contribution in [0.4, 0.5) is 0 Å². The third-order valence-electron chi connectivity index (χ3n) is 3.54. The minimum absolute atomic E-state index is 0.238. The van der Waals surface area contributed by atoms with Crippen LogP contribution in [0.3, 0.4) is 0 Å². The first-order valence-corrected chi connectivity index (χ1v) is 8.84. The number of unbranched alkanes of at least 4 members (excludes halogenated alkanes) is 9. The van der Waals surface area contributed by atoms with E-state index in [0.29, 0.717) is 0 Å². The van der Waals surface area contributed by atoms with E-state index in [9.17, 15) is 10.1 Å². The van der Waals surface area contributed by atoms with Crippen molar-refractivity contribution >= 4 is 0 Å². The second-order valence-electron chi connectivity index (χ2n) is 5.64. The van der Waals surface area contributed by atoms with E-state index >= 15 is 0 Å². The van der Waals surface area contributed by atoms with Crippen LogP contribution in [0.1, 0.15) is 84.0 Å². The quantitative estimate of drug-likeness (QED) is 0.152. The molecule has 0 fully saturated rings. The van der Waals surface area contributed by atoms with Gasteiger partial charge in [-0.15, -0.1) is 10.1 Å². The standard InChI is InChI=1S/C18H33NO3/c1-2-3-4-5-6-7-8-9-10-11-12-13-14-15-16-17-18-22-19(20)21/h6-7,9-10H,2-5,8,11-18H2,1H3/b7-6-,10-9-. The van der Waals surface area contributed by atoms with Crippen molar-refractivity contribution in [3.05, 3.63) is 34.4 Å². The van der Waals surface area contributed by atoms with Crippen molar-refractivity contribution in [1.82, 2.24) is 0 Å². The maximum Gasteiger partial charge on any atom is 0.294 e. The van der Waals surface area contributed by atoms with Crippen LogP contribution in [0.25, 0.3) is 0 Å². The minimum atomic E-state index is -0.716. The van der Waals surface area contributed by atoms with E-state index in [0.717, 1.165) is 32.1 Å². The molecule has 0 rings (SSSR count). The molecule has 0 aromatic carbocycles. The lowest BCUT2D eigenvalue weighted by molar-refractivity contribution is -0.757. The average Bonchev–Trinajstić information content (AvgIpc) is 2.50. The van der Waals surface area contributed by atoms with Gasteiger partial charge in [0.2, 0.25) is 0 Å². The molecule has 0 aromatic rings. The maximum atomic E-state index is 9.93. The van der Waals surface area contributed by atoms with Gasteiger partial charge in [0.15, 0.2) is 0 Å². The molecule has 0 heterocycles. The van der Waals surface area contributed by atoms with Gasteiger partial charge in [-0.3, -0.25) is 0 Å². The van der Waals surface area contributed by atoms with E-state index in [2.05, 4.69) is 36.1 Å². The van der Waals surface area contributed by atoms with E-state index in [-0.39, 0.29) is 6.61 Å². The number of hydrogen-bond acceptors (Lipinski definition) is 3. The Morgan fingerprint density at radius 1 is 0.818 bits per heavy atom. The Morgan fingerprint density at radius 2 is 1.36 bits per heavy atom. The Hall–Kier alpha value is -1.32. The van der Waals surface area contributed by atoms with Gasteiger partial charge in [0, 0.05) is 0 Å². The SMILES string of the molecule is CCCCC/C=C\C/C=C\CCCCCCCCO[N+](=O)[O-]. The fourth-order valence-electron chi connectivity index (χ4n) is 2.23. The van der Waals surface area contributed by atoms with Crippen LogP contribution in [-0.2, 0) is 4.84 Å². The molecule has 22 heavy (non-hydrogen) atoms. The number of allylic oxidation sites excluding steroid dienone is 4. The van der Waals surface area contributed by atoms with Crippen molar-refractivity contribution < 1.29 is 9.92 Å². The van der Waals surface area contributed by atoms with Crippen LogP contribution in [0.15, 0.2) is 24.3 Å². The molecule has 4 heteroatoms. The molecule has 0 amide bonds. The van der Waals surface area contributed by atoms with Gasteiger partial charge in [-0.25, -0.2) is 0 Å². The molecule has 0 unspecified atom stereocenters. The van der Waals surface area contributed by atoms with Gasteiger partial charge in [0.1, 0.15) is 0 Å². The summed E-state index contributed by atoms with van der Waals surface area (Å²) in [4.78, 5) is 14.2. The molecule has 0 spiro atoms. The zero-order chi connectivity index (χ0) is 16.3. The monoisotopic (exact) mass is 311 g/mol. The number of rotatable bonds is 16. The molecule has 0 aliphatic heterocycles. The van der Waals surface area contributed by atoms with Crippen LogP contribution in [0.2, 0.25) is 0 Å². The third kappa shape index (κ3) is 18.7. The second-order valence-corrected chi connectivity index (χ2v) is 5.64. The van der Waals surface area contributed by atoms with Crippen molar-refractivity contribution in [2.75, 3.05) is 6.61 Å². The lowest BCUT2D eigenvalue weighted by Crippen LogP contribution is -2.01. The topological polar surface area (TPSA) is 52.4 Å². The summed E-state index contributed by atoms with van der Waals surface area (Å²) in [6.07, 6.45) is 23.1. The molecule has 0 radical (unpaired) electrons. The summed E-state index contributed by atoms with van der Waals surface area (Å²) in [6, 6.07) is 0. The first-order valence-electron chi connectivity index (χ1n) is 8.84. The molecule has 4 nitrogen and oxygen atoms in total. The summed E-state index contributed by atoms with van der Waals surface area (Å²) < 4.78 is 0. The molecule has 0 N–H and O–H groups in total. The Labute approximate surface area is 135 Å². The summed E-state index contributed by atoms with van der Waals surface area (Å²) in [6.45, 7) is 2.47. The van der Waals surface area contributed by atoms with E-state index in [1.54, 1.807) is 0 Å². The Balaban J connectivity index is 3.15. The molecule has 128 valence electrons. The summed E-state index contributed by atoms with van der Waals surface area (Å²) in [7, 11) is 0. The fourth-order valence-corrected chi connectivity index (χ4v) is 2.23. The predicted octanol–water partition coefficient (Wildman–Crippen LogP) is 6.01. The van der Waals surface area contributed by atoms with Crippen molar-refractivity contribution in [1.29, 1.82) is 0 Å². The summed E-state index contributed by atoms with van der Waals surface area (Å²) in [5.41, 5.74) is 0. The highest BCUT2D eigenvalue weighted by Crippen LogP contribution is 2.08. The van der Waals surface area contributed by atoms with Gasteiger partial charge in [0.05, 0.1) is 6.61 Å². The van der Waals surface area contributed by atoms with Crippen LogP contribution < -0.4 is 0 Å².